The van der Waals surface area contributed by atoms with Crippen LogP contribution in [0.3, 0.4) is 0 Å². The van der Waals surface area contributed by atoms with Crippen molar-refractivity contribution >= 4 is 5.78 Å². The standard InChI is InChI=1S/C21H20N2O/c1-21(2,3)16-12-13-22-19(14-16)20(24)18-11-7-10-17(23-18)15-8-5-4-6-9-15/h4-14H,1-3H3. The summed E-state index contributed by atoms with van der Waals surface area (Å²) in [5, 5.41) is 0. The fraction of sp³-hybridized carbons (Fsp3) is 0.190. The highest BCUT2D eigenvalue weighted by Crippen LogP contribution is 2.23. The van der Waals surface area contributed by atoms with Crippen molar-refractivity contribution < 1.29 is 4.79 Å². The van der Waals surface area contributed by atoms with E-state index in [4.69, 9.17) is 0 Å². The quantitative estimate of drug-likeness (QED) is 0.659. The number of aromatic nitrogens is 2. The Morgan fingerprint density at radius 3 is 2.33 bits per heavy atom. The number of rotatable bonds is 3. The third-order valence-corrected chi connectivity index (χ3v) is 3.91. The summed E-state index contributed by atoms with van der Waals surface area (Å²) in [4.78, 5) is 21.5. The fourth-order valence-corrected chi connectivity index (χ4v) is 2.48. The summed E-state index contributed by atoms with van der Waals surface area (Å²) in [5.41, 5.74) is 3.67. The van der Waals surface area contributed by atoms with Gasteiger partial charge in [-0.15, -0.1) is 0 Å². The summed E-state index contributed by atoms with van der Waals surface area (Å²) in [6.45, 7) is 6.35. The highest BCUT2D eigenvalue weighted by Gasteiger charge is 2.18. The molecule has 0 aliphatic rings. The number of carbonyl (C=O) groups excluding carboxylic acids is 1. The number of ketones is 1. The van der Waals surface area contributed by atoms with Gasteiger partial charge in [0.1, 0.15) is 11.4 Å². The zero-order valence-electron chi connectivity index (χ0n) is 14.2. The van der Waals surface area contributed by atoms with Gasteiger partial charge < -0.3 is 0 Å². The molecule has 0 spiro atoms. The second-order valence-electron chi connectivity index (χ2n) is 6.78. The van der Waals surface area contributed by atoms with E-state index in [1.165, 1.54) is 0 Å². The summed E-state index contributed by atoms with van der Waals surface area (Å²) in [6, 6.07) is 19.1. The summed E-state index contributed by atoms with van der Waals surface area (Å²) >= 11 is 0. The van der Waals surface area contributed by atoms with Crippen LogP contribution in [0.2, 0.25) is 0 Å². The molecule has 2 heterocycles. The smallest absolute Gasteiger partial charge is 0.229 e. The number of hydrogen-bond donors (Lipinski definition) is 0. The van der Waals surface area contributed by atoms with E-state index in [2.05, 4.69) is 30.7 Å². The molecule has 0 saturated carbocycles. The summed E-state index contributed by atoms with van der Waals surface area (Å²) in [7, 11) is 0. The van der Waals surface area contributed by atoms with Crippen molar-refractivity contribution in [3.05, 3.63) is 83.8 Å². The molecular formula is C21H20N2O. The molecule has 3 rings (SSSR count). The molecule has 0 unspecified atom stereocenters. The minimum atomic E-state index is -0.154. The SMILES string of the molecule is CC(C)(C)c1ccnc(C(=O)c2cccc(-c3ccccc3)n2)c1. The lowest BCUT2D eigenvalue weighted by atomic mass is 9.87. The molecule has 0 aliphatic carbocycles. The van der Waals surface area contributed by atoms with E-state index in [1.807, 2.05) is 54.6 Å². The first-order valence-electron chi connectivity index (χ1n) is 7.99. The van der Waals surface area contributed by atoms with Gasteiger partial charge >= 0.3 is 0 Å². The van der Waals surface area contributed by atoms with Crippen LogP contribution in [0.5, 0.6) is 0 Å². The van der Waals surface area contributed by atoms with Crippen LogP contribution in [0, 0.1) is 0 Å². The molecule has 3 nitrogen and oxygen atoms in total. The van der Waals surface area contributed by atoms with E-state index in [0.717, 1.165) is 16.8 Å². The van der Waals surface area contributed by atoms with E-state index in [-0.39, 0.29) is 11.2 Å². The molecular weight excluding hydrogens is 296 g/mol. The van der Waals surface area contributed by atoms with Crippen LogP contribution >= 0.6 is 0 Å². The van der Waals surface area contributed by atoms with Crippen molar-refractivity contribution in [2.75, 3.05) is 0 Å². The second kappa shape index (κ2) is 6.36. The van der Waals surface area contributed by atoms with E-state index in [0.29, 0.717) is 11.4 Å². The Bertz CT molecular complexity index is 864. The van der Waals surface area contributed by atoms with E-state index >= 15 is 0 Å². The molecule has 0 bridgehead atoms. The summed E-state index contributed by atoms with van der Waals surface area (Å²) in [5.74, 6) is -0.154. The van der Waals surface area contributed by atoms with Gasteiger partial charge in [0.2, 0.25) is 5.78 Å². The van der Waals surface area contributed by atoms with E-state index in [9.17, 15) is 4.79 Å². The molecule has 3 aromatic rings. The lowest BCUT2D eigenvalue weighted by Gasteiger charge is -2.19. The van der Waals surface area contributed by atoms with Crippen molar-refractivity contribution in [2.24, 2.45) is 0 Å². The summed E-state index contributed by atoms with van der Waals surface area (Å²) in [6.07, 6.45) is 1.69. The Morgan fingerprint density at radius 2 is 1.62 bits per heavy atom. The van der Waals surface area contributed by atoms with Gasteiger partial charge in [-0.25, -0.2) is 4.98 Å². The zero-order valence-corrected chi connectivity index (χ0v) is 14.2. The Hall–Kier alpha value is -2.81. The largest absolute Gasteiger partial charge is 0.285 e. The number of benzene rings is 1. The molecule has 0 atom stereocenters. The van der Waals surface area contributed by atoms with Gasteiger partial charge in [0.05, 0.1) is 5.69 Å². The van der Waals surface area contributed by atoms with Crippen molar-refractivity contribution in [3.8, 4) is 11.3 Å². The lowest BCUT2D eigenvalue weighted by Crippen LogP contribution is -2.14. The van der Waals surface area contributed by atoms with Crippen LogP contribution < -0.4 is 0 Å². The van der Waals surface area contributed by atoms with Crippen LogP contribution in [-0.4, -0.2) is 15.8 Å². The predicted octanol–water partition coefficient (Wildman–Crippen LogP) is 4.67. The third-order valence-electron chi connectivity index (χ3n) is 3.91. The van der Waals surface area contributed by atoms with Crippen molar-refractivity contribution in [1.29, 1.82) is 0 Å². The van der Waals surface area contributed by atoms with Crippen LogP contribution in [0.15, 0.2) is 66.9 Å². The number of carbonyl (C=O) groups is 1. The first-order valence-corrected chi connectivity index (χ1v) is 7.99. The van der Waals surface area contributed by atoms with Gasteiger partial charge in [-0.2, -0.15) is 0 Å². The molecule has 24 heavy (non-hydrogen) atoms. The number of pyridine rings is 2. The maximum atomic E-state index is 12.8. The zero-order chi connectivity index (χ0) is 17.2. The highest BCUT2D eigenvalue weighted by molar-refractivity contribution is 6.06. The summed E-state index contributed by atoms with van der Waals surface area (Å²) < 4.78 is 0. The van der Waals surface area contributed by atoms with Gasteiger partial charge in [-0.05, 0) is 35.2 Å². The molecule has 1 aromatic carbocycles. The Labute approximate surface area is 142 Å². The minimum absolute atomic E-state index is 0.0305. The van der Waals surface area contributed by atoms with E-state index < -0.39 is 0 Å². The maximum absolute atomic E-state index is 12.8. The number of hydrogen-bond acceptors (Lipinski definition) is 3. The van der Waals surface area contributed by atoms with Crippen LogP contribution in [-0.2, 0) is 5.41 Å². The van der Waals surface area contributed by atoms with Crippen LogP contribution in [0.25, 0.3) is 11.3 Å². The van der Waals surface area contributed by atoms with Gasteiger partial charge in [-0.1, -0.05) is 57.2 Å². The average molecular weight is 316 g/mol. The Morgan fingerprint density at radius 1 is 0.875 bits per heavy atom. The van der Waals surface area contributed by atoms with Gasteiger partial charge in [-0.3, -0.25) is 9.78 Å². The molecule has 0 aliphatic heterocycles. The first kappa shape index (κ1) is 16.1. The molecule has 3 heteroatoms. The lowest BCUT2D eigenvalue weighted by molar-refractivity contribution is 0.102. The van der Waals surface area contributed by atoms with Crippen molar-refractivity contribution in [3.63, 3.8) is 0 Å². The van der Waals surface area contributed by atoms with Gasteiger partial charge in [0, 0.05) is 11.8 Å². The molecule has 2 aromatic heterocycles. The monoisotopic (exact) mass is 316 g/mol. The van der Waals surface area contributed by atoms with Crippen LogP contribution in [0.4, 0.5) is 0 Å². The molecule has 0 saturated heterocycles. The topological polar surface area (TPSA) is 42.9 Å². The maximum Gasteiger partial charge on any atom is 0.229 e. The fourth-order valence-electron chi connectivity index (χ4n) is 2.48. The van der Waals surface area contributed by atoms with Crippen molar-refractivity contribution in [2.45, 2.75) is 26.2 Å². The van der Waals surface area contributed by atoms with Crippen molar-refractivity contribution in [1.82, 2.24) is 9.97 Å². The predicted molar refractivity (Wildman–Crippen MR) is 96.0 cm³/mol. The molecule has 0 amide bonds. The molecule has 0 fully saturated rings. The second-order valence-corrected chi connectivity index (χ2v) is 6.78. The van der Waals surface area contributed by atoms with E-state index in [1.54, 1.807) is 12.3 Å². The molecule has 0 N–H and O–H groups in total. The average Bonchev–Trinajstić information content (AvgIpc) is 2.61. The van der Waals surface area contributed by atoms with Gasteiger partial charge in [0.15, 0.2) is 0 Å². The first-order chi connectivity index (χ1) is 11.4. The third kappa shape index (κ3) is 3.40. The van der Waals surface area contributed by atoms with Crippen LogP contribution in [0.1, 0.15) is 42.5 Å². The molecule has 0 radical (unpaired) electrons. The number of nitrogens with zero attached hydrogens (tertiary/aromatic N) is 2. The molecule has 120 valence electrons. The highest BCUT2D eigenvalue weighted by atomic mass is 16.1. The van der Waals surface area contributed by atoms with Gasteiger partial charge in [0.25, 0.3) is 0 Å². The Kier molecular flexibility index (Phi) is 4.26. The Balaban J connectivity index is 1.97. The normalized spacial score (nSPS) is 11.3. The minimum Gasteiger partial charge on any atom is -0.285 e.